The molecule has 12 heteroatoms. The second-order valence-corrected chi connectivity index (χ2v) is 9.71. The van der Waals surface area contributed by atoms with Crippen molar-refractivity contribution < 1.29 is 18.1 Å². The Hall–Kier alpha value is -3.47. The van der Waals surface area contributed by atoms with E-state index in [-0.39, 0.29) is 31.9 Å². The van der Waals surface area contributed by atoms with Crippen LogP contribution in [0.25, 0.3) is 0 Å². The third-order valence-electron chi connectivity index (χ3n) is 4.60. The minimum Gasteiger partial charge on any atom is -0.271 e. The van der Waals surface area contributed by atoms with E-state index >= 15 is 0 Å². The van der Waals surface area contributed by atoms with Crippen molar-refractivity contribution in [1.29, 1.82) is 0 Å². The van der Waals surface area contributed by atoms with Crippen LogP contribution in [0.3, 0.4) is 0 Å². The van der Waals surface area contributed by atoms with E-state index in [0.29, 0.717) is 0 Å². The van der Waals surface area contributed by atoms with Gasteiger partial charge in [-0.1, -0.05) is 53.0 Å². The van der Waals surface area contributed by atoms with Crippen molar-refractivity contribution in [3.63, 3.8) is 0 Å². The van der Waals surface area contributed by atoms with Gasteiger partial charge in [0, 0.05) is 22.7 Å². The Morgan fingerprint density at radius 3 is 2.41 bits per heavy atom. The maximum atomic E-state index is 13.3. The Kier molecular flexibility index (Phi) is 7.87. The maximum absolute atomic E-state index is 13.3. The highest BCUT2D eigenvalue weighted by Crippen LogP contribution is 2.30. The number of benzene rings is 3. The van der Waals surface area contributed by atoms with E-state index in [1.807, 2.05) is 6.92 Å². The number of amides is 1. The summed E-state index contributed by atoms with van der Waals surface area (Å²) >= 11 is 12.2. The van der Waals surface area contributed by atoms with E-state index in [9.17, 15) is 23.3 Å². The molecule has 0 saturated carbocycles. The first-order valence-corrected chi connectivity index (χ1v) is 11.9. The number of para-hydroxylation sites is 1. The molecule has 0 fully saturated rings. The van der Waals surface area contributed by atoms with Crippen molar-refractivity contribution in [2.24, 2.45) is 5.10 Å². The molecule has 0 aliphatic rings. The van der Waals surface area contributed by atoms with Gasteiger partial charge in [0.1, 0.15) is 6.54 Å². The molecule has 0 aliphatic heterocycles. The molecule has 1 amide bonds. The molecule has 0 aromatic heterocycles. The fourth-order valence-electron chi connectivity index (χ4n) is 2.87. The summed E-state index contributed by atoms with van der Waals surface area (Å²) in [6, 6.07) is 16.1. The molecule has 0 bridgehead atoms. The van der Waals surface area contributed by atoms with Gasteiger partial charge in [-0.05, 0) is 37.3 Å². The van der Waals surface area contributed by atoms with Crippen molar-refractivity contribution in [3.8, 4) is 0 Å². The van der Waals surface area contributed by atoms with Crippen LogP contribution in [-0.4, -0.2) is 32.0 Å². The normalized spacial score (nSPS) is 11.4. The molecule has 3 aromatic carbocycles. The molecule has 0 aliphatic carbocycles. The Morgan fingerprint density at radius 1 is 1.09 bits per heavy atom. The summed E-state index contributed by atoms with van der Waals surface area (Å²) in [4.78, 5) is 22.9. The Morgan fingerprint density at radius 2 is 1.76 bits per heavy atom. The van der Waals surface area contributed by atoms with Crippen LogP contribution in [0.15, 0.2) is 76.7 Å². The van der Waals surface area contributed by atoms with Gasteiger partial charge in [-0.15, -0.1) is 0 Å². The quantitative estimate of drug-likeness (QED) is 0.265. The molecule has 3 aromatic rings. The zero-order chi connectivity index (χ0) is 24.9. The van der Waals surface area contributed by atoms with Crippen LogP contribution in [0.2, 0.25) is 10.0 Å². The topological polar surface area (TPSA) is 122 Å². The van der Waals surface area contributed by atoms with Crippen molar-refractivity contribution >= 4 is 56.7 Å². The van der Waals surface area contributed by atoms with E-state index in [4.69, 9.17) is 23.2 Å². The zero-order valence-corrected chi connectivity index (χ0v) is 20.0. The lowest BCUT2D eigenvalue weighted by Crippen LogP contribution is -2.39. The van der Waals surface area contributed by atoms with E-state index in [0.717, 1.165) is 16.1 Å². The number of nitrogens with one attached hydrogen (secondary N) is 1. The molecular formula is C22H18Cl2N4O5S. The van der Waals surface area contributed by atoms with Crippen LogP contribution in [0.5, 0.6) is 0 Å². The average molecular weight is 521 g/mol. The molecule has 9 nitrogen and oxygen atoms in total. The van der Waals surface area contributed by atoms with E-state index < -0.39 is 27.4 Å². The van der Waals surface area contributed by atoms with Gasteiger partial charge < -0.3 is 0 Å². The second-order valence-electron chi connectivity index (χ2n) is 7.03. The van der Waals surface area contributed by atoms with Crippen LogP contribution in [-0.2, 0) is 14.8 Å². The van der Waals surface area contributed by atoms with Crippen molar-refractivity contribution in [1.82, 2.24) is 5.43 Å². The number of sulfonamides is 1. The fourth-order valence-corrected chi connectivity index (χ4v) is 4.77. The van der Waals surface area contributed by atoms with Crippen LogP contribution >= 0.6 is 23.2 Å². The SMILES string of the molecule is Cc1ccc(S(=O)(=O)N(CC(=O)N/N=C\c2cc([N+](=O)[O-])ccc2Cl)c2ccccc2Cl)cc1. The van der Waals surface area contributed by atoms with Gasteiger partial charge in [0.25, 0.3) is 21.6 Å². The lowest BCUT2D eigenvalue weighted by Gasteiger charge is -2.24. The summed E-state index contributed by atoms with van der Waals surface area (Å²) in [5, 5.41) is 15.0. The Balaban J connectivity index is 1.86. The lowest BCUT2D eigenvalue weighted by atomic mass is 10.2. The van der Waals surface area contributed by atoms with Gasteiger partial charge in [0.15, 0.2) is 0 Å². The summed E-state index contributed by atoms with van der Waals surface area (Å²) in [6.07, 6.45) is 1.13. The summed E-state index contributed by atoms with van der Waals surface area (Å²) < 4.78 is 27.6. The number of hydrazone groups is 1. The minimum absolute atomic E-state index is 0.0160. The number of nitrogens with zero attached hydrogens (tertiary/aromatic N) is 3. The summed E-state index contributed by atoms with van der Waals surface area (Å²) in [6.45, 7) is 1.20. The van der Waals surface area contributed by atoms with E-state index in [2.05, 4.69) is 10.5 Å². The number of rotatable bonds is 8. The average Bonchev–Trinajstić information content (AvgIpc) is 2.79. The van der Waals surface area contributed by atoms with Gasteiger partial charge in [0.05, 0.1) is 26.7 Å². The highest BCUT2D eigenvalue weighted by atomic mass is 35.5. The largest absolute Gasteiger partial charge is 0.271 e. The van der Waals surface area contributed by atoms with Gasteiger partial charge >= 0.3 is 0 Å². The van der Waals surface area contributed by atoms with Gasteiger partial charge in [-0.2, -0.15) is 5.10 Å². The molecule has 1 N–H and O–H groups in total. The predicted molar refractivity (Wildman–Crippen MR) is 131 cm³/mol. The molecule has 0 spiro atoms. The monoisotopic (exact) mass is 520 g/mol. The molecule has 3 rings (SSSR count). The Bertz CT molecular complexity index is 1360. The number of aryl methyl sites for hydroxylation is 1. The summed E-state index contributed by atoms with van der Waals surface area (Å²) in [5.41, 5.74) is 3.20. The smallest absolute Gasteiger partial charge is 0.270 e. The Labute approximate surface area is 205 Å². The van der Waals surface area contributed by atoms with E-state index in [1.54, 1.807) is 24.3 Å². The van der Waals surface area contributed by atoms with Crippen LogP contribution in [0.1, 0.15) is 11.1 Å². The van der Waals surface area contributed by atoms with Crippen LogP contribution in [0, 0.1) is 17.0 Å². The third-order valence-corrected chi connectivity index (χ3v) is 7.04. The van der Waals surface area contributed by atoms with Gasteiger partial charge in [-0.25, -0.2) is 13.8 Å². The fraction of sp³-hybridized carbons (Fsp3) is 0.0909. The molecule has 176 valence electrons. The van der Waals surface area contributed by atoms with Gasteiger partial charge in [0.2, 0.25) is 0 Å². The molecular weight excluding hydrogens is 503 g/mol. The predicted octanol–water partition coefficient (Wildman–Crippen LogP) is 4.56. The molecule has 0 saturated heterocycles. The van der Waals surface area contributed by atoms with Crippen molar-refractivity contribution in [2.45, 2.75) is 11.8 Å². The lowest BCUT2D eigenvalue weighted by molar-refractivity contribution is -0.384. The standard InChI is InChI=1S/C22H18Cl2N4O5S/c1-15-6-9-18(10-7-15)34(32,33)27(21-5-3-2-4-20(21)24)14-22(29)26-25-13-16-12-17(28(30)31)8-11-19(16)23/h2-13H,14H2,1H3,(H,26,29)/b25-13-. The summed E-state index contributed by atoms with van der Waals surface area (Å²) in [5.74, 6) is -0.770. The first-order valence-electron chi connectivity index (χ1n) is 9.69. The highest BCUT2D eigenvalue weighted by Gasteiger charge is 2.28. The van der Waals surface area contributed by atoms with Crippen LogP contribution < -0.4 is 9.73 Å². The maximum Gasteiger partial charge on any atom is 0.270 e. The third kappa shape index (κ3) is 5.90. The van der Waals surface area contributed by atoms with Crippen molar-refractivity contribution in [2.75, 3.05) is 10.8 Å². The molecule has 0 unspecified atom stereocenters. The number of hydrogen-bond donors (Lipinski definition) is 1. The van der Waals surface area contributed by atoms with Crippen LogP contribution in [0.4, 0.5) is 11.4 Å². The van der Waals surface area contributed by atoms with Gasteiger partial charge in [-0.3, -0.25) is 19.2 Å². The first kappa shape index (κ1) is 25.2. The number of halogens is 2. The number of nitro benzene ring substituents is 1. The number of non-ortho nitro benzene ring substituents is 1. The minimum atomic E-state index is -4.15. The molecule has 0 radical (unpaired) electrons. The molecule has 34 heavy (non-hydrogen) atoms. The number of nitro groups is 1. The number of carbonyl (C=O) groups is 1. The number of hydrogen-bond acceptors (Lipinski definition) is 6. The second kappa shape index (κ2) is 10.6. The molecule has 0 atom stereocenters. The zero-order valence-electron chi connectivity index (χ0n) is 17.7. The first-order chi connectivity index (χ1) is 16.1. The number of carbonyl (C=O) groups excluding carboxylic acids is 1. The van der Waals surface area contributed by atoms with E-state index in [1.165, 1.54) is 42.5 Å². The highest BCUT2D eigenvalue weighted by molar-refractivity contribution is 7.92. The summed E-state index contributed by atoms with van der Waals surface area (Å²) in [7, 11) is -4.15. The number of anilines is 1. The van der Waals surface area contributed by atoms with Crippen molar-refractivity contribution in [3.05, 3.63) is 98.0 Å². The molecule has 0 heterocycles.